The minimum absolute atomic E-state index is 0.0683. The van der Waals surface area contributed by atoms with Crippen molar-refractivity contribution in [3.8, 4) is 0 Å². The fourth-order valence-electron chi connectivity index (χ4n) is 2.71. The highest BCUT2D eigenvalue weighted by atomic mass is 16.5. The molecule has 0 radical (unpaired) electrons. The lowest BCUT2D eigenvalue weighted by molar-refractivity contribution is -0.145. The number of hydrogen-bond donors (Lipinski definition) is 0. The standard InChI is InChI=1S/C16H16N2O3/c1-10-6-7-11-4-3-5-13(15(11)17-10)18-9-12(8-14(18)19)16(20)21-2/h3-7,12H,8-9H2,1-2H3. The smallest absolute Gasteiger partial charge is 0.311 e. The van der Waals surface area contributed by atoms with Crippen molar-refractivity contribution in [2.75, 3.05) is 18.6 Å². The molecular formula is C16H16N2O3. The summed E-state index contributed by atoms with van der Waals surface area (Å²) in [6, 6.07) is 9.65. The van der Waals surface area contributed by atoms with Gasteiger partial charge in [0.15, 0.2) is 0 Å². The highest BCUT2D eigenvalue weighted by Gasteiger charge is 2.36. The maximum Gasteiger partial charge on any atom is 0.311 e. The molecule has 3 rings (SSSR count). The van der Waals surface area contributed by atoms with Crippen molar-refractivity contribution >= 4 is 28.5 Å². The highest BCUT2D eigenvalue weighted by Crippen LogP contribution is 2.31. The van der Waals surface area contributed by atoms with Crippen LogP contribution in [0.5, 0.6) is 0 Å². The first-order valence-electron chi connectivity index (χ1n) is 6.84. The van der Waals surface area contributed by atoms with Gasteiger partial charge in [-0.05, 0) is 19.1 Å². The van der Waals surface area contributed by atoms with Gasteiger partial charge in [-0.1, -0.05) is 18.2 Å². The Morgan fingerprint density at radius 3 is 2.90 bits per heavy atom. The van der Waals surface area contributed by atoms with Crippen LogP contribution < -0.4 is 4.90 Å². The Hall–Kier alpha value is -2.43. The number of aromatic nitrogens is 1. The number of benzene rings is 1. The lowest BCUT2D eigenvalue weighted by atomic mass is 10.1. The molecule has 1 saturated heterocycles. The fourth-order valence-corrected chi connectivity index (χ4v) is 2.71. The minimum Gasteiger partial charge on any atom is -0.469 e. The number of pyridine rings is 1. The molecule has 1 unspecified atom stereocenters. The number of aryl methyl sites for hydroxylation is 1. The monoisotopic (exact) mass is 284 g/mol. The van der Waals surface area contributed by atoms with Gasteiger partial charge in [-0.2, -0.15) is 0 Å². The van der Waals surface area contributed by atoms with E-state index < -0.39 is 5.92 Å². The molecule has 5 heteroatoms. The molecule has 2 heterocycles. The quantitative estimate of drug-likeness (QED) is 0.792. The first-order chi connectivity index (χ1) is 10.1. The van der Waals surface area contributed by atoms with E-state index in [0.717, 1.165) is 22.3 Å². The lowest BCUT2D eigenvalue weighted by Crippen LogP contribution is -2.26. The number of hydrogen-bond acceptors (Lipinski definition) is 4. The summed E-state index contributed by atoms with van der Waals surface area (Å²) < 4.78 is 4.74. The average Bonchev–Trinajstić information content (AvgIpc) is 2.87. The molecule has 1 aliphatic rings. The van der Waals surface area contributed by atoms with E-state index in [9.17, 15) is 9.59 Å². The second-order valence-electron chi connectivity index (χ2n) is 5.23. The molecule has 21 heavy (non-hydrogen) atoms. The Bertz CT molecular complexity index is 727. The van der Waals surface area contributed by atoms with Crippen molar-refractivity contribution < 1.29 is 14.3 Å². The number of carbonyl (C=O) groups is 2. The van der Waals surface area contributed by atoms with Crippen molar-refractivity contribution in [1.82, 2.24) is 4.98 Å². The zero-order valence-electron chi connectivity index (χ0n) is 12.0. The molecule has 1 aromatic heterocycles. The Labute approximate surface area is 122 Å². The Morgan fingerprint density at radius 2 is 2.14 bits per heavy atom. The normalized spacial score (nSPS) is 18.3. The summed E-state index contributed by atoms with van der Waals surface area (Å²) in [5.41, 5.74) is 2.44. The van der Waals surface area contributed by atoms with E-state index in [1.54, 1.807) is 4.90 Å². The number of carbonyl (C=O) groups excluding carboxylic acids is 2. The van der Waals surface area contributed by atoms with Gasteiger partial charge in [-0.3, -0.25) is 14.6 Å². The minimum atomic E-state index is -0.400. The van der Waals surface area contributed by atoms with E-state index in [1.165, 1.54) is 7.11 Å². The number of nitrogens with zero attached hydrogens (tertiary/aromatic N) is 2. The van der Waals surface area contributed by atoms with Crippen LogP contribution in [0.1, 0.15) is 12.1 Å². The second kappa shape index (κ2) is 5.16. The summed E-state index contributed by atoms with van der Waals surface area (Å²) in [5.74, 6) is -0.806. The van der Waals surface area contributed by atoms with E-state index >= 15 is 0 Å². The van der Waals surface area contributed by atoms with Crippen LogP contribution in [0.2, 0.25) is 0 Å². The van der Waals surface area contributed by atoms with Gasteiger partial charge in [0.1, 0.15) is 0 Å². The predicted octanol–water partition coefficient (Wildman–Crippen LogP) is 2.07. The number of para-hydroxylation sites is 1. The molecule has 2 aromatic rings. The van der Waals surface area contributed by atoms with Crippen LogP contribution in [0.25, 0.3) is 10.9 Å². The lowest BCUT2D eigenvalue weighted by Gasteiger charge is -2.18. The summed E-state index contributed by atoms with van der Waals surface area (Å²) >= 11 is 0. The molecule has 0 bridgehead atoms. The summed E-state index contributed by atoms with van der Waals surface area (Å²) in [6.45, 7) is 2.26. The Balaban J connectivity index is 2.03. The third kappa shape index (κ3) is 2.35. The second-order valence-corrected chi connectivity index (χ2v) is 5.23. The predicted molar refractivity (Wildman–Crippen MR) is 79.0 cm³/mol. The largest absolute Gasteiger partial charge is 0.469 e. The zero-order valence-corrected chi connectivity index (χ0v) is 12.0. The Kier molecular flexibility index (Phi) is 3.33. The molecule has 0 saturated carbocycles. The van der Waals surface area contributed by atoms with Crippen molar-refractivity contribution in [2.45, 2.75) is 13.3 Å². The molecule has 0 N–H and O–H groups in total. The van der Waals surface area contributed by atoms with Gasteiger partial charge < -0.3 is 9.64 Å². The zero-order chi connectivity index (χ0) is 15.0. The SMILES string of the molecule is COC(=O)C1CC(=O)N(c2cccc3ccc(C)nc23)C1. The van der Waals surface area contributed by atoms with Crippen molar-refractivity contribution in [1.29, 1.82) is 0 Å². The van der Waals surface area contributed by atoms with Gasteiger partial charge in [-0.25, -0.2) is 0 Å². The third-order valence-electron chi connectivity index (χ3n) is 3.79. The number of esters is 1. The van der Waals surface area contributed by atoms with Crippen LogP contribution >= 0.6 is 0 Å². The summed E-state index contributed by atoms with van der Waals surface area (Å²) in [6.07, 6.45) is 0.189. The van der Waals surface area contributed by atoms with E-state index in [1.807, 2.05) is 37.3 Å². The van der Waals surface area contributed by atoms with Crippen molar-refractivity contribution in [3.05, 3.63) is 36.0 Å². The molecule has 108 valence electrons. The first kappa shape index (κ1) is 13.5. The molecule has 1 fully saturated rings. The van der Waals surface area contributed by atoms with Crippen LogP contribution in [-0.4, -0.2) is 30.5 Å². The van der Waals surface area contributed by atoms with Gasteiger partial charge in [-0.15, -0.1) is 0 Å². The van der Waals surface area contributed by atoms with Gasteiger partial charge in [0.2, 0.25) is 5.91 Å². The van der Waals surface area contributed by atoms with Gasteiger partial charge in [0.05, 0.1) is 24.2 Å². The van der Waals surface area contributed by atoms with Gasteiger partial charge >= 0.3 is 5.97 Å². The number of amides is 1. The van der Waals surface area contributed by atoms with Crippen LogP contribution in [0, 0.1) is 12.8 Å². The van der Waals surface area contributed by atoms with Crippen LogP contribution in [0.4, 0.5) is 5.69 Å². The molecule has 0 aliphatic carbocycles. The van der Waals surface area contributed by atoms with Crippen LogP contribution in [0.15, 0.2) is 30.3 Å². The van der Waals surface area contributed by atoms with E-state index in [2.05, 4.69) is 4.98 Å². The molecular weight excluding hydrogens is 268 g/mol. The van der Waals surface area contributed by atoms with Gasteiger partial charge in [0, 0.05) is 24.0 Å². The summed E-state index contributed by atoms with van der Waals surface area (Å²) in [7, 11) is 1.35. The maximum atomic E-state index is 12.2. The van der Waals surface area contributed by atoms with Crippen molar-refractivity contribution in [3.63, 3.8) is 0 Å². The topological polar surface area (TPSA) is 59.5 Å². The number of anilines is 1. The molecule has 1 aromatic carbocycles. The average molecular weight is 284 g/mol. The van der Waals surface area contributed by atoms with Crippen LogP contribution in [-0.2, 0) is 14.3 Å². The van der Waals surface area contributed by atoms with E-state index in [0.29, 0.717) is 6.54 Å². The number of ether oxygens (including phenoxy) is 1. The Morgan fingerprint density at radius 1 is 1.33 bits per heavy atom. The first-order valence-corrected chi connectivity index (χ1v) is 6.84. The fraction of sp³-hybridized carbons (Fsp3) is 0.312. The molecule has 5 nitrogen and oxygen atoms in total. The maximum absolute atomic E-state index is 12.2. The van der Waals surface area contributed by atoms with Crippen LogP contribution in [0.3, 0.4) is 0 Å². The molecule has 0 spiro atoms. The number of rotatable bonds is 2. The van der Waals surface area contributed by atoms with Crippen molar-refractivity contribution in [2.24, 2.45) is 5.92 Å². The van der Waals surface area contributed by atoms with E-state index in [-0.39, 0.29) is 18.3 Å². The summed E-state index contributed by atoms with van der Waals surface area (Å²) in [4.78, 5) is 30.0. The molecule has 1 atom stereocenters. The summed E-state index contributed by atoms with van der Waals surface area (Å²) in [5, 5.41) is 0.979. The molecule has 1 aliphatic heterocycles. The number of fused-ring (bicyclic) bond motifs is 1. The third-order valence-corrected chi connectivity index (χ3v) is 3.79. The van der Waals surface area contributed by atoms with E-state index in [4.69, 9.17) is 4.74 Å². The highest BCUT2D eigenvalue weighted by molar-refractivity contribution is 6.05. The van der Waals surface area contributed by atoms with Gasteiger partial charge in [0.25, 0.3) is 0 Å². The number of methoxy groups -OCH3 is 1. The molecule has 1 amide bonds.